The van der Waals surface area contributed by atoms with Crippen LogP contribution in [0.4, 0.5) is 0 Å². The molecule has 0 aliphatic rings. The molecular formula is C18H18N4OS2. The molecule has 0 aliphatic heterocycles. The Morgan fingerprint density at radius 1 is 1.20 bits per heavy atom. The van der Waals surface area contributed by atoms with Crippen LogP contribution in [0.2, 0.25) is 0 Å². The van der Waals surface area contributed by atoms with Gasteiger partial charge in [0.1, 0.15) is 5.75 Å². The normalized spacial score (nSPS) is 11.1. The standard InChI is InChI=1S/C18H18N4OS2/c1-23-15-7-3-13(4-8-15)11-17-20-21-18(24)22(17)19-12-14-5-9-16(25-2)10-6-14/h3-10,12H,11H2,1-2H3,(H,21,24)/b19-12-. The number of aromatic nitrogens is 3. The number of hydrogen-bond donors (Lipinski definition) is 1. The van der Waals surface area contributed by atoms with Crippen LogP contribution in [0.25, 0.3) is 0 Å². The molecule has 1 heterocycles. The summed E-state index contributed by atoms with van der Waals surface area (Å²) in [7, 11) is 1.65. The van der Waals surface area contributed by atoms with Crippen LogP contribution in [0.15, 0.2) is 58.5 Å². The second-order valence-corrected chi connectivity index (χ2v) is 6.57. The molecule has 0 bridgehead atoms. The van der Waals surface area contributed by atoms with Gasteiger partial charge in [-0.15, -0.1) is 11.8 Å². The lowest BCUT2D eigenvalue weighted by atomic mass is 10.1. The predicted molar refractivity (Wildman–Crippen MR) is 104 cm³/mol. The Kier molecular flexibility index (Phi) is 5.67. The largest absolute Gasteiger partial charge is 0.497 e. The minimum Gasteiger partial charge on any atom is -0.497 e. The van der Waals surface area contributed by atoms with Gasteiger partial charge in [0, 0.05) is 11.3 Å². The maximum Gasteiger partial charge on any atom is 0.216 e. The highest BCUT2D eigenvalue weighted by Gasteiger charge is 2.06. The fraction of sp³-hybridized carbons (Fsp3) is 0.167. The van der Waals surface area contributed by atoms with Gasteiger partial charge in [-0.1, -0.05) is 24.3 Å². The second-order valence-electron chi connectivity index (χ2n) is 5.30. The van der Waals surface area contributed by atoms with Crippen molar-refractivity contribution in [3.8, 4) is 5.75 Å². The fourth-order valence-corrected chi connectivity index (χ4v) is 2.90. The van der Waals surface area contributed by atoms with Crippen molar-refractivity contribution in [2.75, 3.05) is 13.4 Å². The summed E-state index contributed by atoms with van der Waals surface area (Å²) in [5, 5.41) is 11.6. The van der Waals surface area contributed by atoms with E-state index < -0.39 is 0 Å². The van der Waals surface area contributed by atoms with Gasteiger partial charge in [-0.3, -0.25) is 5.10 Å². The number of nitrogens with zero attached hydrogens (tertiary/aromatic N) is 3. The Bertz CT molecular complexity index is 911. The number of ether oxygens (including phenoxy) is 1. The van der Waals surface area contributed by atoms with Gasteiger partial charge >= 0.3 is 0 Å². The van der Waals surface area contributed by atoms with E-state index in [0.29, 0.717) is 11.2 Å². The number of nitrogens with one attached hydrogen (secondary N) is 1. The molecule has 2 aromatic carbocycles. The van der Waals surface area contributed by atoms with E-state index in [-0.39, 0.29) is 0 Å². The Morgan fingerprint density at radius 2 is 1.92 bits per heavy atom. The van der Waals surface area contributed by atoms with Crippen LogP contribution in [0.3, 0.4) is 0 Å². The third kappa shape index (κ3) is 4.37. The lowest BCUT2D eigenvalue weighted by molar-refractivity contribution is 0.414. The van der Waals surface area contributed by atoms with Gasteiger partial charge in [-0.05, 0) is 53.9 Å². The van der Waals surface area contributed by atoms with Crippen LogP contribution in [0.5, 0.6) is 5.75 Å². The molecule has 1 aromatic heterocycles. The molecule has 3 rings (SSSR count). The molecule has 0 atom stereocenters. The van der Waals surface area contributed by atoms with Crippen LogP contribution in [-0.4, -0.2) is 34.5 Å². The average molecular weight is 371 g/mol. The van der Waals surface area contributed by atoms with Crippen LogP contribution < -0.4 is 4.74 Å². The lowest BCUT2D eigenvalue weighted by Gasteiger charge is -2.03. The first-order chi connectivity index (χ1) is 12.2. The Balaban J connectivity index is 1.80. The zero-order valence-electron chi connectivity index (χ0n) is 14.0. The fourth-order valence-electron chi connectivity index (χ4n) is 2.30. The van der Waals surface area contributed by atoms with Crippen molar-refractivity contribution in [2.24, 2.45) is 5.10 Å². The van der Waals surface area contributed by atoms with Gasteiger partial charge in [-0.25, -0.2) is 0 Å². The molecular weight excluding hydrogens is 352 g/mol. The van der Waals surface area contributed by atoms with Gasteiger partial charge in [0.2, 0.25) is 4.77 Å². The summed E-state index contributed by atoms with van der Waals surface area (Å²) in [6.45, 7) is 0. The first kappa shape index (κ1) is 17.4. The maximum atomic E-state index is 5.29. The topological polar surface area (TPSA) is 55.2 Å². The molecule has 128 valence electrons. The van der Waals surface area contributed by atoms with E-state index in [4.69, 9.17) is 17.0 Å². The van der Waals surface area contributed by atoms with Gasteiger partial charge in [0.25, 0.3) is 0 Å². The van der Waals surface area contributed by atoms with Gasteiger partial charge in [-0.2, -0.15) is 14.9 Å². The zero-order valence-corrected chi connectivity index (χ0v) is 15.6. The van der Waals surface area contributed by atoms with E-state index in [2.05, 4.69) is 33.7 Å². The summed E-state index contributed by atoms with van der Waals surface area (Å²) in [5.74, 6) is 1.58. The molecule has 0 saturated carbocycles. The molecule has 0 saturated heterocycles. The quantitative estimate of drug-likeness (QED) is 0.402. The van der Waals surface area contributed by atoms with E-state index in [1.165, 1.54) is 4.90 Å². The Hall–Kier alpha value is -2.38. The molecule has 0 radical (unpaired) electrons. The van der Waals surface area contributed by atoms with E-state index in [1.807, 2.05) is 36.4 Å². The minimum atomic E-state index is 0.473. The zero-order chi connectivity index (χ0) is 17.6. The summed E-state index contributed by atoms with van der Waals surface area (Å²) >= 11 is 7.00. The summed E-state index contributed by atoms with van der Waals surface area (Å²) in [6.07, 6.45) is 4.46. The first-order valence-electron chi connectivity index (χ1n) is 7.67. The molecule has 3 aromatic rings. The number of H-pyrrole nitrogens is 1. The van der Waals surface area contributed by atoms with E-state index in [0.717, 1.165) is 22.7 Å². The van der Waals surface area contributed by atoms with Crippen molar-refractivity contribution in [2.45, 2.75) is 11.3 Å². The van der Waals surface area contributed by atoms with Gasteiger partial charge in [0.15, 0.2) is 5.82 Å². The number of thioether (sulfide) groups is 1. The third-order valence-corrected chi connectivity index (χ3v) is 4.68. The number of hydrogen-bond acceptors (Lipinski definition) is 5. The van der Waals surface area contributed by atoms with Crippen molar-refractivity contribution in [3.63, 3.8) is 0 Å². The predicted octanol–water partition coefficient (Wildman–Crippen LogP) is 4.14. The van der Waals surface area contributed by atoms with Crippen LogP contribution in [0.1, 0.15) is 17.0 Å². The van der Waals surface area contributed by atoms with Gasteiger partial charge < -0.3 is 4.74 Å². The van der Waals surface area contributed by atoms with Crippen molar-refractivity contribution in [1.29, 1.82) is 0 Å². The third-order valence-electron chi connectivity index (χ3n) is 3.68. The smallest absolute Gasteiger partial charge is 0.216 e. The highest BCUT2D eigenvalue weighted by molar-refractivity contribution is 7.98. The highest BCUT2D eigenvalue weighted by atomic mass is 32.2. The average Bonchev–Trinajstić information content (AvgIpc) is 3.00. The van der Waals surface area contributed by atoms with Gasteiger partial charge in [0.05, 0.1) is 13.3 Å². The van der Waals surface area contributed by atoms with Crippen molar-refractivity contribution in [3.05, 3.63) is 70.3 Å². The molecule has 5 nitrogen and oxygen atoms in total. The first-order valence-corrected chi connectivity index (χ1v) is 9.30. The van der Waals surface area contributed by atoms with Crippen LogP contribution in [0, 0.1) is 4.77 Å². The Labute approximate surface area is 155 Å². The molecule has 0 aliphatic carbocycles. The lowest BCUT2D eigenvalue weighted by Crippen LogP contribution is -2.00. The monoisotopic (exact) mass is 370 g/mol. The molecule has 0 unspecified atom stereocenters. The number of rotatable bonds is 6. The summed E-state index contributed by atoms with van der Waals surface area (Å²) in [4.78, 5) is 1.22. The summed E-state index contributed by atoms with van der Waals surface area (Å²) in [6, 6.07) is 16.1. The van der Waals surface area contributed by atoms with Crippen LogP contribution >= 0.6 is 24.0 Å². The maximum absolute atomic E-state index is 5.29. The van der Waals surface area contributed by atoms with E-state index in [9.17, 15) is 0 Å². The van der Waals surface area contributed by atoms with Crippen molar-refractivity contribution < 1.29 is 4.74 Å². The highest BCUT2D eigenvalue weighted by Crippen LogP contribution is 2.15. The second kappa shape index (κ2) is 8.13. The molecule has 0 spiro atoms. The summed E-state index contributed by atoms with van der Waals surface area (Å²) < 4.78 is 7.31. The Morgan fingerprint density at radius 3 is 2.56 bits per heavy atom. The van der Waals surface area contributed by atoms with Crippen LogP contribution in [-0.2, 0) is 6.42 Å². The van der Waals surface area contributed by atoms with E-state index >= 15 is 0 Å². The molecule has 7 heteroatoms. The van der Waals surface area contributed by atoms with E-state index in [1.54, 1.807) is 29.8 Å². The number of benzene rings is 2. The SMILES string of the molecule is COc1ccc(Cc2n[nH]c(=S)n2/N=C\c2ccc(SC)cc2)cc1. The molecule has 0 fully saturated rings. The van der Waals surface area contributed by atoms with Crippen molar-refractivity contribution >= 4 is 30.2 Å². The molecule has 0 amide bonds. The molecule has 25 heavy (non-hydrogen) atoms. The molecule has 1 N–H and O–H groups in total. The summed E-state index contributed by atoms with van der Waals surface area (Å²) in [5.41, 5.74) is 2.12. The minimum absolute atomic E-state index is 0.473. The number of methoxy groups -OCH3 is 1. The van der Waals surface area contributed by atoms with Crippen molar-refractivity contribution in [1.82, 2.24) is 14.9 Å². The number of aromatic amines is 1.